The standard InChI is InChI=1S/C25H25BFN5O9/c27-8-9-31-10-11-32(23(36)22(31)35)25(39)30-18(13-4-6-14(7-5-13)20(28)33)21(34)29-17-12-15-2-1-3-16(24(37)38)19(15)41-26(17)40/h1-7,17-18,40H,8-12H2,(H2,28,33)(H,29,34)(H,30,39)(H,37,38)/t17-,18?/m0/s1. The molecule has 2 aromatic rings. The molecule has 2 aliphatic rings. The van der Waals surface area contributed by atoms with Crippen molar-refractivity contribution in [1.82, 2.24) is 20.4 Å². The molecule has 1 unspecified atom stereocenters. The molecule has 0 radical (unpaired) electrons. The largest absolute Gasteiger partial charge is 0.547 e. The Kier molecular flexibility index (Phi) is 8.52. The van der Waals surface area contributed by atoms with E-state index in [1.165, 1.54) is 36.4 Å². The summed E-state index contributed by atoms with van der Waals surface area (Å²) in [6, 6.07) is 7.11. The van der Waals surface area contributed by atoms with Gasteiger partial charge in [0.05, 0.1) is 11.5 Å². The highest BCUT2D eigenvalue weighted by atomic mass is 19.1. The highest BCUT2D eigenvalue weighted by Gasteiger charge is 2.41. The predicted molar refractivity (Wildman–Crippen MR) is 138 cm³/mol. The summed E-state index contributed by atoms with van der Waals surface area (Å²) in [7, 11) is -1.65. The first kappa shape index (κ1) is 29.0. The summed E-state index contributed by atoms with van der Waals surface area (Å²) in [6.07, 6.45) is -0.0197. The molecule has 4 rings (SSSR count). The maximum Gasteiger partial charge on any atom is 0.547 e. The fraction of sp³-hybridized carbons (Fsp3) is 0.280. The summed E-state index contributed by atoms with van der Waals surface area (Å²) >= 11 is 0. The fourth-order valence-electron chi connectivity index (χ4n) is 4.51. The van der Waals surface area contributed by atoms with Gasteiger partial charge in [0.25, 0.3) is 0 Å². The van der Waals surface area contributed by atoms with E-state index >= 15 is 0 Å². The summed E-state index contributed by atoms with van der Waals surface area (Å²) < 4.78 is 18.1. The first-order valence-electron chi connectivity index (χ1n) is 12.4. The number of piperazine rings is 1. The van der Waals surface area contributed by atoms with Crippen molar-refractivity contribution in [3.8, 4) is 5.75 Å². The Hall–Kier alpha value is -4.99. The van der Waals surface area contributed by atoms with E-state index in [-0.39, 0.29) is 48.5 Å². The number of nitrogens with two attached hydrogens (primary N) is 1. The molecule has 14 nitrogen and oxygen atoms in total. The van der Waals surface area contributed by atoms with Crippen molar-refractivity contribution in [1.29, 1.82) is 0 Å². The van der Waals surface area contributed by atoms with E-state index in [9.17, 15) is 43.3 Å². The number of carboxylic acid groups (broad SMARTS) is 1. The molecule has 6 N–H and O–H groups in total. The molecule has 2 aromatic carbocycles. The van der Waals surface area contributed by atoms with Crippen molar-refractivity contribution >= 4 is 42.7 Å². The van der Waals surface area contributed by atoms with Crippen molar-refractivity contribution in [3.05, 3.63) is 64.7 Å². The lowest BCUT2D eigenvalue weighted by atomic mass is 9.72. The van der Waals surface area contributed by atoms with Crippen LogP contribution in [-0.4, -0.2) is 94.9 Å². The van der Waals surface area contributed by atoms with Crippen molar-refractivity contribution in [2.45, 2.75) is 18.4 Å². The third-order valence-electron chi connectivity index (χ3n) is 6.64. The molecule has 0 spiro atoms. The molecule has 1 saturated heterocycles. The Morgan fingerprint density at radius 3 is 2.44 bits per heavy atom. The third-order valence-corrected chi connectivity index (χ3v) is 6.64. The van der Waals surface area contributed by atoms with Crippen LogP contribution in [-0.2, 0) is 20.8 Å². The number of rotatable bonds is 8. The van der Waals surface area contributed by atoms with E-state index < -0.39 is 61.4 Å². The number of urea groups is 1. The highest BCUT2D eigenvalue weighted by molar-refractivity contribution is 6.47. The molecule has 1 fully saturated rings. The molecule has 16 heteroatoms. The molecule has 6 amide bonds. The number of nitrogens with zero attached hydrogens (tertiary/aromatic N) is 2. The first-order chi connectivity index (χ1) is 19.5. The second-order valence-corrected chi connectivity index (χ2v) is 9.23. The van der Waals surface area contributed by atoms with E-state index in [0.717, 1.165) is 4.90 Å². The average molecular weight is 569 g/mol. The Labute approximate surface area is 232 Å². The Bertz CT molecular complexity index is 1410. The zero-order valence-electron chi connectivity index (χ0n) is 21.4. The van der Waals surface area contributed by atoms with Crippen LogP contribution in [0.4, 0.5) is 9.18 Å². The number of alkyl halides is 1. The SMILES string of the molecule is NC(=O)c1ccc(C(NC(=O)N2CCN(CCF)C(=O)C2=O)C(=O)N[C@H]2Cc3cccc(C(=O)O)c3OB2O)cc1. The number of halogens is 1. The number of carbonyl (C=O) groups excluding carboxylic acids is 5. The minimum absolute atomic E-state index is 0.0197. The number of benzene rings is 2. The van der Waals surface area contributed by atoms with Crippen LogP contribution < -0.4 is 21.0 Å². The molecular formula is C25H25BFN5O9. The van der Waals surface area contributed by atoms with Gasteiger partial charge in [-0.1, -0.05) is 24.3 Å². The van der Waals surface area contributed by atoms with Crippen LogP contribution in [0.2, 0.25) is 0 Å². The van der Waals surface area contributed by atoms with Gasteiger partial charge in [-0.05, 0) is 35.7 Å². The van der Waals surface area contributed by atoms with Crippen LogP contribution in [0.3, 0.4) is 0 Å². The van der Waals surface area contributed by atoms with E-state index in [1.807, 2.05) is 0 Å². The van der Waals surface area contributed by atoms with Crippen LogP contribution in [0.5, 0.6) is 5.75 Å². The van der Waals surface area contributed by atoms with E-state index in [0.29, 0.717) is 10.5 Å². The molecule has 41 heavy (non-hydrogen) atoms. The number of fused-ring (bicyclic) bond motifs is 1. The van der Waals surface area contributed by atoms with Gasteiger partial charge < -0.3 is 36.1 Å². The van der Waals surface area contributed by atoms with Gasteiger partial charge in [0, 0.05) is 25.2 Å². The summed E-state index contributed by atoms with van der Waals surface area (Å²) in [5, 5.41) is 24.9. The number of amides is 6. The zero-order chi connectivity index (χ0) is 29.8. The van der Waals surface area contributed by atoms with E-state index in [1.54, 1.807) is 6.07 Å². The van der Waals surface area contributed by atoms with Crippen molar-refractivity contribution in [2.75, 3.05) is 26.3 Å². The summed E-state index contributed by atoms with van der Waals surface area (Å²) in [4.78, 5) is 75.9. The van der Waals surface area contributed by atoms with E-state index in [2.05, 4.69) is 10.6 Å². The van der Waals surface area contributed by atoms with Crippen molar-refractivity contribution in [2.24, 2.45) is 5.73 Å². The van der Waals surface area contributed by atoms with Crippen molar-refractivity contribution in [3.63, 3.8) is 0 Å². The summed E-state index contributed by atoms with van der Waals surface area (Å²) in [5.74, 6) is -6.25. The van der Waals surface area contributed by atoms with Gasteiger partial charge in [-0.2, -0.15) is 0 Å². The summed E-state index contributed by atoms with van der Waals surface area (Å²) in [5.41, 5.74) is 5.79. The number of primary amides is 1. The van der Waals surface area contributed by atoms with Crippen LogP contribution in [0, 0.1) is 0 Å². The van der Waals surface area contributed by atoms with Gasteiger partial charge in [-0.15, -0.1) is 0 Å². The molecule has 2 aliphatic heterocycles. The second kappa shape index (κ2) is 12.0. The van der Waals surface area contributed by atoms with Gasteiger partial charge in [0.2, 0.25) is 11.8 Å². The first-order valence-corrected chi connectivity index (χ1v) is 12.4. The number of para-hydroxylation sites is 1. The zero-order valence-corrected chi connectivity index (χ0v) is 21.4. The number of nitrogens with one attached hydrogen (secondary N) is 2. The lowest BCUT2D eigenvalue weighted by molar-refractivity contribution is -0.153. The third kappa shape index (κ3) is 6.11. The van der Waals surface area contributed by atoms with Crippen LogP contribution in [0.15, 0.2) is 42.5 Å². The number of carbonyl (C=O) groups is 6. The number of imide groups is 1. The molecule has 0 bridgehead atoms. The van der Waals surface area contributed by atoms with Gasteiger partial charge >= 0.3 is 30.9 Å². The minimum Gasteiger partial charge on any atom is -0.534 e. The molecule has 214 valence electrons. The van der Waals surface area contributed by atoms with Gasteiger partial charge in [0.1, 0.15) is 18.5 Å². The molecule has 0 aliphatic carbocycles. The average Bonchev–Trinajstić information content (AvgIpc) is 2.94. The number of hydrogen-bond donors (Lipinski definition) is 5. The second-order valence-electron chi connectivity index (χ2n) is 9.23. The van der Waals surface area contributed by atoms with Gasteiger partial charge in [0.15, 0.2) is 0 Å². The van der Waals surface area contributed by atoms with Gasteiger partial charge in [-0.3, -0.25) is 24.1 Å². The highest BCUT2D eigenvalue weighted by Crippen LogP contribution is 2.30. The fourth-order valence-corrected chi connectivity index (χ4v) is 4.51. The number of carboxylic acids is 1. The lowest BCUT2D eigenvalue weighted by Crippen LogP contribution is -2.60. The summed E-state index contributed by atoms with van der Waals surface area (Å²) in [6.45, 7) is -1.52. The molecule has 2 heterocycles. The Morgan fingerprint density at radius 1 is 1.10 bits per heavy atom. The maximum atomic E-state index is 13.5. The smallest absolute Gasteiger partial charge is 0.534 e. The Balaban J connectivity index is 1.56. The normalized spacial score (nSPS) is 17.3. The molecule has 2 atom stereocenters. The van der Waals surface area contributed by atoms with Gasteiger partial charge in [-0.25, -0.2) is 14.0 Å². The van der Waals surface area contributed by atoms with Crippen LogP contribution in [0.25, 0.3) is 0 Å². The Morgan fingerprint density at radius 2 is 1.80 bits per heavy atom. The van der Waals surface area contributed by atoms with Crippen LogP contribution >= 0.6 is 0 Å². The predicted octanol–water partition coefficient (Wildman–Crippen LogP) is -0.986. The quantitative estimate of drug-likeness (QED) is 0.195. The lowest BCUT2D eigenvalue weighted by Gasteiger charge is -2.33. The number of aromatic carboxylic acids is 1. The van der Waals surface area contributed by atoms with E-state index in [4.69, 9.17) is 10.4 Å². The molecule has 0 aromatic heterocycles. The van der Waals surface area contributed by atoms with Crippen molar-refractivity contribution < 1.29 is 47.9 Å². The molecular weight excluding hydrogens is 544 g/mol. The van der Waals surface area contributed by atoms with Crippen LogP contribution in [0.1, 0.15) is 37.9 Å². The minimum atomic E-state index is -1.65. The monoisotopic (exact) mass is 569 g/mol. The maximum absolute atomic E-state index is 13.5. The molecule has 0 saturated carbocycles. The number of hydrogen-bond acceptors (Lipinski definition) is 8. The topological polar surface area (TPSA) is 209 Å².